The summed E-state index contributed by atoms with van der Waals surface area (Å²) in [5.74, 6) is 1.60. The highest BCUT2D eigenvalue weighted by Gasteiger charge is 2.25. The van der Waals surface area contributed by atoms with Crippen molar-refractivity contribution in [1.29, 1.82) is 0 Å². The van der Waals surface area contributed by atoms with Crippen LogP contribution in [0.15, 0.2) is 18.2 Å². The van der Waals surface area contributed by atoms with Gasteiger partial charge in [-0.3, -0.25) is 0 Å². The van der Waals surface area contributed by atoms with Crippen molar-refractivity contribution in [1.82, 2.24) is 20.2 Å². The molecule has 94 valence electrons. The number of nitrogens with zero attached hydrogens (tertiary/aromatic N) is 4. The fraction of sp³-hybridized carbons (Fsp3) is 0.417. The summed E-state index contributed by atoms with van der Waals surface area (Å²) in [6.07, 6.45) is 0.942. The molecule has 1 aliphatic rings. The fourth-order valence-electron chi connectivity index (χ4n) is 2.36. The minimum Gasteiger partial charge on any atom is -0.496 e. The van der Waals surface area contributed by atoms with Crippen molar-refractivity contribution >= 4 is 5.95 Å². The number of aryl methyl sites for hydroxylation is 1. The van der Waals surface area contributed by atoms with Crippen LogP contribution in [0.25, 0.3) is 0 Å². The first-order valence-electron chi connectivity index (χ1n) is 5.96. The van der Waals surface area contributed by atoms with E-state index in [0.29, 0.717) is 0 Å². The third-order valence-corrected chi connectivity index (χ3v) is 3.23. The molecule has 0 bridgehead atoms. The van der Waals surface area contributed by atoms with Crippen molar-refractivity contribution in [3.05, 3.63) is 29.3 Å². The molecule has 0 spiro atoms. The van der Waals surface area contributed by atoms with Crippen LogP contribution in [0.1, 0.15) is 23.6 Å². The molecule has 2 heterocycles. The molecule has 3 rings (SSSR count). The molecule has 0 saturated carbocycles. The van der Waals surface area contributed by atoms with Crippen LogP contribution in [0.3, 0.4) is 0 Å². The van der Waals surface area contributed by atoms with Gasteiger partial charge in [-0.05, 0) is 29.8 Å². The topological polar surface area (TPSA) is 64.9 Å². The van der Waals surface area contributed by atoms with Gasteiger partial charge in [-0.25, -0.2) is 4.68 Å². The van der Waals surface area contributed by atoms with Crippen molar-refractivity contribution in [3.8, 4) is 5.75 Å². The summed E-state index contributed by atoms with van der Waals surface area (Å²) in [4.78, 5) is 0. The molecule has 0 aliphatic carbocycles. The summed E-state index contributed by atoms with van der Waals surface area (Å²) < 4.78 is 7.26. The van der Waals surface area contributed by atoms with E-state index in [2.05, 4.69) is 33.8 Å². The van der Waals surface area contributed by atoms with Gasteiger partial charge in [-0.15, -0.1) is 0 Å². The van der Waals surface area contributed by atoms with Gasteiger partial charge in [-0.1, -0.05) is 22.8 Å². The van der Waals surface area contributed by atoms with Gasteiger partial charge in [0, 0.05) is 12.1 Å². The Labute approximate surface area is 105 Å². The molecule has 18 heavy (non-hydrogen) atoms. The average molecular weight is 245 g/mol. The fourth-order valence-corrected chi connectivity index (χ4v) is 2.36. The Kier molecular flexibility index (Phi) is 2.62. The number of aromatic nitrogens is 4. The first kappa shape index (κ1) is 11.0. The second-order valence-electron chi connectivity index (χ2n) is 4.42. The molecule has 1 unspecified atom stereocenters. The van der Waals surface area contributed by atoms with Gasteiger partial charge < -0.3 is 10.1 Å². The average Bonchev–Trinajstić information content (AvgIpc) is 2.86. The SMILES string of the molecule is COc1ccc(C)cc1C1CCNc2nnnn21. The zero-order valence-corrected chi connectivity index (χ0v) is 10.4. The molecule has 1 aromatic heterocycles. The third-order valence-electron chi connectivity index (χ3n) is 3.23. The Balaban J connectivity index is 2.09. The third kappa shape index (κ3) is 1.70. The minimum absolute atomic E-state index is 0.131. The Bertz CT molecular complexity index is 565. The first-order valence-corrected chi connectivity index (χ1v) is 5.96. The van der Waals surface area contributed by atoms with E-state index in [1.54, 1.807) is 7.11 Å². The van der Waals surface area contributed by atoms with E-state index in [9.17, 15) is 0 Å². The van der Waals surface area contributed by atoms with Crippen LogP contribution in [0.2, 0.25) is 0 Å². The standard InChI is InChI=1S/C12H15N5O/c1-8-3-4-11(18-2)9(7-8)10-5-6-13-12-14-15-16-17(10)12/h3-4,7,10H,5-6H2,1-2H3,(H,13,14,16). The van der Waals surface area contributed by atoms with Crippen LogP contribution in [-0.4, -0.2) is 33.9 Å². The van der Waals surface area contributed by atoms with Crippen LogP contribution < -0.4 is 10.1 Å². The maximum atomic E-state index is 5.44. The number of nitrogens with one attached hydrogen (secondary N) is 1. The molecule has 6 heteroatoms. The summed E-state index contributed by atoms with van der Waals surface area (Å²) in [7, 11) is 1.69. The lowest BCUT2D eigenvalue weighted by Crippen LogP contribution is -2.25. The van der Waals surface area contributed by atoms with Gasteiger partial charge in [-0.2, -0.15) is 0 Å². The predicted molar refractivity (Wildman–Crippen MR) is 66.8 cm³/mol. The summed E-state index contributed by atoms with van der Waals surface area (Å²) in [5, 5.41) is 14.9. The van der Waals surface area contributed by atoms with Crippen LogP contribution in [0.5, 0.6) is 5.75 Å². The van der Waals surface area contributed by atoms with E-state index in [1.165, 1.54) is 5.56 Å². The smallest absolute Gasteiger partial charge is 0.243 e. The molecular formula is C12H15N5O. The van der Waals surface area contributed by atoms with E-state index in [-0.39, 0.29) is 6.04 Å². The molecule has 1 aromatic carbocycles. The number of methoxy groups -OCH3 is 1. The zero-order valence-electron chi connectivity index (χ0n) is 10.4. The minimum atomic E-state index is 0.131. The normalized spacial score (nSPS) is 18.0. The van der Waals surface area contributed by atoms with Crippen molar-refractivity contribution in [3.63, 3.8) is 0 Å². The van der Waals surface area contributed by atoms with Gasteiger partial charge in [0.1, 0.15) is 5.75 Å². The van der Waals surface area contributed by atoms with Crippen LogP contribution in [0.4, 0.5) is 5.95 Å². The van der Waals surface area contributed by atoms with Gasteiger partial charge in [0.05, 0.1) is 13.2 Å². The van der Waals surface area contributed by atoms with Gasteiger partial charge in [0.15, 0.2) is 0 Å². The lowest BCUT2D eigenvalue weighted by atomic mass is 9.99. The highest BCUT2D eigenvalue weighted by atomic mass is 16.5. The van der Waals surface area contributed by atoms with E-state index in [4.69, 9.17) is 4.74 Å². The quantitative estimate of drug-likeness (QED) is 0.866. The number of tetrazole rings is 1. The van der Waals surface area contributed by atoms with E-state index in [1.807, 2.05) is 16.8 Å². The summed E-state index contributed by atoms with van der Waals surface area (Å²) in [6, 6.07) is 6.31. The summed E-state index contributed by atoms with van der Waals surface area (Å²) in [6.45, 7) is 2.94. The highest BCUT2D eigenvalue weighted by Crippen LogP contribution is 2.33. The molecule has 0 saturated heterocycles. The summed E-state index contributed by atoms with van der Waals surface area (Å²) >= 11 is 0. The van der Waals surface area contributed by atoms with E-state index in [0.717, 1.165) is 30.2 Å². The lowest BCUT2D eigenvalue weighted by molar-refractivity contribution is 0.389. The molecule has 0 amide bonds. The lowest BCUT2D eigenvalue weighted by Gasteiger charge is -2.25. The molecule has 1 N–H and O–H groups in total. The Morgan fingerprint density at radius 3 is 3.17 bits per heavy atom. The Morgan fingerprint density at radius 2 is 2.33 bits per heavy atom. The van der Waals surface area contributed by atoms with Crippen molar-refractivity contribution in [2.24, 2.45) is 0 Å². The second kappa shape index (κ2) is 4.29. The van der Waals surface area contributed by atoms with Crippen molar-refractivity contribution < 1.29 is 4.74 Å². The molecule has 0 radical (unpaired) electrons. The van der Waals surface area contributed by atoms with Gasteiger partial charge >= 0.3 is 0 Å². The molecule has 6 nitrogen and oxygen atoms in total. The molecule has 2 aromatic rings. The van der Waals surface area contributed by atoms with E-state index < -0.39 is 0 Å². The molecular weight excluding hydrogens is 230 g/mol. The number of benzene rings is 1. The van der Waals surface area contributed by atoms with E-state index >= 15 is 0 Å². The highest BCUT2D eigenvalue weighted by molar-refractivity contribution is 5.41. The monoisotopic (exact) mass is 245 g/mol. The van der Waals surface area contributed by atoms with Gasteiger partial charge in [0.25, 0.3) is 0 Å². The first-order chi connectivity index (χ1) is 8.79. The van der Waals surface area contributed by atoms with Crippen molar-refractivity contribution in [2.75, 3.05) is 19.0 Å². The second-order valence-corrected chi connectivity index (χ2v) is 4.42. The van der Waals surface area contributed by atoms with Gasteiger partial charge in [0.2, 0.25) is 5.95 Å². The maximum Gasteiger partial charge on any atom is 0.243 e. The number of anilines is 1. The number of hydrogen-bond acceptors (Lipinski definition) is 5. The number of fused-ring (bicyclic) bond motifs is 1. The van der Waals surface area contributed by atoms with Crippen LogP contribution in [-0.2, 0) is 0 Å². The summed E-state index contributed by atoms with van der Waals surface area (Å²) in [5.41, 5.74) is 2.34. The zero-order chi connectivity index (χ0) is 12.5. The van der Waals surface area contributed by atoms with Crippen LogP contribution >= 0.6 is 0 Å². The predicted octanol–water partition coefficient (Wildman–Crippen LogP) is 1.40. The molecule has 0 fully saturated rings. The largest absolute Gasteiger partial charge is 0.496 e. The molecule has 1 aliphatic heterocycles. The van der Waals surface area contributed by atoms with Crippen LogP contribution in [0, 0.1) is 6.92 Å². The number of rotatable bonds is 2. The van der Waals surface area contributed by atoms with Crippen molar-refractivity contribution in [2.45, 2.75) is 19.4 Å². The Hall–Kier alpha value is -2.11. The number of hydrogen-bond donors (Lipinski definition) is 1. The Morgan fingerprint density at radius 1 is 1.44 bits per heavy atom. The number of ether oxygens (including phenoxy) is 1. The molecule has 1 atom stereocenters. The maximum absolute atomic E-state index is 5.44.